The second-order valence-corrected chi connectivity index (χ2v) is 5.70. The largest absolute Gasteiger partial charge is 0.467 e. The zero-order valence-electron chi connectivity index (χ0n) is 11.4. The van der Waals surface area contributed by atoms with Gasteiger partial charge in [-0.2, -0.15) is 0 Å². The first kappa shape index (κ1) is 17.2. The number of alkyl carbamates (subject to hydrolysis) is 1. The van der Waals surface area contributed by atoms with Crippen molar-refractivity contribution in [1.82, 2.24) is 5.32 Å². The van der Waals surface area contributed by atoms with Crippen LogP contribution in [0, 0.1) is 0 Å². The molecule has 0 saturated carbocycles. The van der Waals surface area contributed by atoms with Crippen LogP contribution in [0.2, 0.25) is 0 Å². The lowest BCUT2D eigenvalue weighted by Gasteiger charge is -2.22. The highest BCUT2D eigenvalue weighted by Gasteiger charge is 2.24. The van der Waals surface area contributed by atoms with Crippen LogP contribution in [-0.4, -0.2) is 36.1 Å². The van der Waals surface area contributed by atoms with Crippen molar-refractivity contribution in [1.29, 1.82) is 0 Å². The number of hydrogen-bond acceptors (Lipinski definition) is 4. The fourth-order valence-electron chi connectivity index (χ4n) is 1.28. The Morgan fingerprint density at radius 2 is 1.89 bits per heavy atom. The lowest BCUT2D eigenvalue weighted by atomic mass is 10.1. The minimum atomic E-state index is -0.649. The van der Waals surface area contributed by atoms with Crippen LogP contribution < -0.4 is 5.32 Å². The van der Waals surface area contributed by atoms with E-state index in [2.05, 4.69) is 26.0 Å². The quantitative estimate of drug-likeness (QED) is 0.463. The number of esters is 1. The molecule has 0 radical (unpaired) electrons. The number of hydrogen-bond donors (Lipinski definition) is 1. The maximum absolute atomic E-state index is 11.6. The third-order valence-electron chi connectivity index (χ3n) is 2.05. The maximum atomic E-state index is 11.6. The summed E-state index contributed by atoms with van der Waals surface area (Å²) in [6.45, 7) is 5.31. The van der Waals surface area contributed by atoms with Gasteiger partial charge in [0.15, 0.2) is 0 Å². The number of nitrogens with one attached hydrogen (secondary N) is 1. The summed E-state index contributed by atoms with van der Waals surface area (Å²) in [4.78, 5) is 23.1. The van der Waals surface area contributed by atoms with E-state index in [4.69, 9.17) is 4.74 Å². The first-order chi connectivity index (χ1) is 8.30. The normalized spacial score (nSPS) is 12.7. The number of rotatable bonds is 6. The lowest BCUT2D eigenvalue weighted by Crippen LogP contribution is -2.44. The van der Waals surface area contributed by atoms with E-state index in [-0.39, 0.29) is 0 Å². The highest BCUT2D eigenvalue weighted by atomic mass is 79.9. The molecular weight excluding hydrogens is 302 g/mol. The highest BCUT2D eigenvalue weighted by Crippen LogP contribution is 2.09. The van der Waals surface area contributed by atoms with Crippen LogP contribution in [-0.2, 0) is 14.3 Å². The summed E-state index contributed by atoms with van der Waals surface area (Å²) in [6, 6.07) is -0.649. The van der Waals surface area contributed by atoms with Gasteiger partial charge in [-0.1, -0.05) is 15.9 Å². The van der Waals surface area contributed by atoms with E-state index in [0.29, 0.717) is 6.42 Å². The smallest absolute Gasteiger partial charge is 0.408 e. The summed E-state index contributed by atoms with van der Waals surface area (Å²) in [5.74, 6) is -0.449. The SMILES string of the molecule is COC(=O)[C@@H](CCCCBr)NC(=O)OC(C)(C)C. The topological polar surface area (TPSA) is 64.6 Å². The Morgan fingerprint density at radius 3 is 2.33 bits per heavy atom. The average molecular weight is 324 g/mol. The predicted molar refractivity (Wildman–Crippen MR) is 72.8 cm³/mol. The van der Waals surface area contributed by atoms with E-state index in [0.717, 1.165) is 18.2 Å². The number of alkyl halides is 1. The zero-order valence-corrected chi connectivity index (χ0v) is 13.0. The van der Waals surface area contributed by atoms with Gasteiger partial charge in [0, 0.05) is 5.33 Å². The summed E-state index contributed by atoms with van der Waals surface area (Å²) < 4.78 is 9.76. The number of methoxy groups -OCH3 is 1. The van der Waals surface area contributed by atoms with Crippen LogP contribution in [0.25, 0.3) is 0 Å². The molecule has 0 aliphatic rings. The molecule has 0 aromatic carbocycles. The number of amides is 1. The van der Waals surface area contributed by atoms with E-state index in [1.54, 1.807) is 20.8 Å². The Kier molecular flexibility index (Phi) is 7.98. The van der Waals surface area contributed by atoms with Gasteiger partial charge < -0.3 is 14.8 Å². The van der Waals surface area contributed by atoms with Gasteiger partial charge in [0.1, 0.15) is 11.6 Å². The van der Waals surface area contributed by atoms with Gasteiger partial charge in [0.2, 0.25) is 0 Å². The summed E-state index contributed by atoms with van der Waals surface area (Å²) in [7, 11) is 1.30. The molecule has 0 aliphatic carbocycles. The summed E-state index contributed by atoms with van der Waals surface area (Å²) in [6.07, 6.45) is 1.69. The minimum Gasteiger partial charge on any atom is -0.467 e. The molecule has 18 heavy (non-hydrogen) atoms. The molecule has 0 aromatic rings. The number of halogens is 1. The average Bonchev–Trinajstić information content (AvgIpc) is 2.24. The molecule has 0 bridgehead atoms. The minimum absolute atomic E-state index is 0.449. The second-order valence-electron chi connectivity index (χ2n) is 4.91. The van der Waals surface area contributed by atoms with Crippen molar-refractivity contribution in [2.24, 2.45) is 0 Å². The van der Waals surface area contributed by atoms with Crippen molar-refractivity contribution in [3.05, 3.63) is 0 Å². The predicted octanol–water partition coefficient (Wildman–Crippen LogP) is 2.62. The van der Waals surface area contributed by atoms with E-state index in [9.17, 15) is 9.59 Å². The first-order valence-corrected chi connectivity index (χ1v) is 7.05. The van der Waals surface area contributed by atoms with E-state index in [1.165, 1.54) is 7.11 Å². The van der Waals surface area contributed by atoms with Crippen LogP contribution in [0.1, 0.15) is 40.0 Å². The van der Waals surface area contributed by atoms with Crippen LogP contribution in [0.3, 0.4) is 0 Å². The lowest BCUT2D eigenvalue weighted by molar-refractivity contribution is -0.143. The molecule has 1 amide bonds. The Labute approximate surface area is 117 Å². The molecule has 1 atom stereocenters. The van der Waals surface area contributed by atoms with Gasteiger partial charge in [0.25, 0.3) is 0 Å². The van der Waals surface area contributed by atoms with Gasteiger partial charge in [0.05, 0.1) is 7.11 Å². The van der Waals surface area contributed by atoms with Gasteiger partial charge in [-0.15, -0.1) is 0 Å². The third-order valence-corrected chi connectivity index (χ3v) is 2.61. The molecule has 1 N–H and O–H groups in total. The Morgan fingerprint density at radius 1 is 1.28 bits per heavy atom. The molecule has 0 fully saturated rings. The van der Waals surface area contributed by atoms with E-state index in [1.807, 2.05) is 0 Å². The second kappa shape index (κ2) is 8.34. The third kappa shape index (κ3) is 8.33. The van der Waals surface area contributed by atoms with Gasteiger partial charge in [-0.05, 0) is 40.0 Å². The summed E-state index contributed by atoms with van der Waals surface area (Å²) in [5, 5.41) is 3.40. The molecule has 0 spiro atoms. The van der Waals surface area contributed by atoms with Crippen molar-refractivity contribution in [3.63, 3.8) is 0 Å². The summed E-state index contributed by atoms with van der Waals surface area (Å²) in [5.41, 5.74) is -0.583. The van der Waals surface area contributed by atoms with Crippen molar-refractivity contribution in [2.75, 3.05) is 12.4 Å². The molecule has 0 saturated heterocycles. The fraction of sp³-hybridized carbons (Fsp3) is 0.833. The standard InChI is InChI=1S/C12H22BrNO4/c1-12(2,3)18-11(16)14-9(10(15)17-4)7-5-6-8-13/h9H,5-8H2,1-4H3,(H,14,16)/t9-/m1/s1. The van der Waals surface area contributed by atoms with Crippen LogP contribution in [0.15, 0.2) is 0 Å². The zero-order chi connectivity index (χ0) is 14.2. The molecule has 6 heteroatoms. The Balaban J connectivity index is 4.31. The molecule has 0 aromatic heterocycles. The van der Waals surface area contributed by atoms with E-state index >= 15 is 0 Å². The summed E-state index contributed by atoms with van der Waals surface area (Å²) >= 11 is 3.32. The van der Waals surface area contributed by atoms with Gasteiger partial charge >= 0.3 is 12.1 Å². The van der Waals surface area contributed by atoms with Gasteiger partial charge in [-0.3, -0.25) is 0 Å². The Hall–Kier alpha value is -0.780. The highest BCUT2D eigenvalue weighted by molar-refractivity contribution is 9.09. The molecular formula is C12H22BrNO4. The van der Waals surface area contributed by atoms with Crippen molar-refractivity contribution in [3.8, 4) is 0 Å². The molecule has 5 nitrogen and oxygen atoms in total. The maximum Gasteiger partial charge on any atom is 0.408 e. The molecule has 106 valence electrons. The molecule has 0 heterocycles. The van der Waals surface area contributed by atoms with Crippen molar-refractivity contribution in [2.45, 2.75) is 51.7 Å². The molecule has 0 unspecified atom stereocenters. The van der Waals surface area contributed by atoms with Gasteiger partial charge in [-0.25, -0.2) is 9.59 Å². The number of ether oxygens (including phenoxy) is 2. The van der Waals surface area contributed by atoms with E-state index < -0.39 is 23.7 Å². The number of carbonyl (C=O) groups excluding carboxylic acids is 2. The van der Waals surface area contributed by atoms with Crippen LogP contribution in [0.5, 0.6) is 0 Å². The van der Waals surface area contributed by atoms with Crippen molar-refractivity contribution < 1.29 is 19.1 Å². The fourth-order valence-corrected chi connectivity index (χ4v) is 1.68. The van der Waals surface area contributed by atoms with Crippen LogP contribution in [0.4, 0.5) is 4.79 Å². The Bertz CT molecular complexity index is 276. The molecule has 0 rings (SSSR count). The monoisotopic (exact) mass is 323 g/mol. The number of carbonyl (C=O) groups is 2. The molecule has 0 aliphatic heterocycles. The van der Waals surface area contributed by atoms with Crippen molar-refractivity contribution >= 4 is 28.0 Å². The number of unbranched alkanes of at least 4 members (excludes halogenated alkanes) is 1. The first-order valence-electron chi connectivity index (χ1n) is 5.93. The van der Waals surface area contributed by atoms with Crippen LogP contribution >= 0.6 is 15.9 Å².